The summed E-state index contributed by atoms with van der Waals surface area (Å²) >= 11 is 1.37. The van der Waals surface area contributed by atoms with Gasteiger partial charge in [-0.05, 0) is 32.0 Å². The Bertz CT molecular complexity index is 558. The zero-order valence-electron chi connectivity index (χ0n) is 11.7. The highest BCUT2D eigenvalue weighted by molar-refractivity contribution is 7.91. The maximum absolute atomic E-state index is 12.6. The van der Waals surface area contributed by atoms with E-state index < -0.39 is 10.0 Å². The van der Waals surface area contributed by atoms with Crippen LogP contribution in [0.15, 0.2) is 16.3 Å². The zero-order valence-corrected chi connectivity index (χ0v) is 13.3. The van der Waals surface area contributed by atoms with E-state index in [1.807, 2.05) is 13.1 Å². The van der Waals surface area contributed by atoms with Crippen LogP contribution in [0.4, 0.5) is 0 Å². The van der Waals surface area contributed by atoms with E-state index in [9.17, 15) is 8.42 Å². The van der Waals surface area contributed by atoms with Crippen molar-refractivity contribution in [1.29, 1.82) is 0 Å². The smallest absolute Gasteiger partial charge is 0.252 e. The second-order valence-corrected chi connectivity index (χ2v) is 8.76. The predicted molar refractivity (Wildman–Crippen MR) is 80.4 cm³/mol. The second-order valence-electron chi connectivity index (χ2n) is 5.42. The van der Waals surface area contributed by atoms with Crippen molar-refractivity contribution in [2.75, 3.05) is 33.2 Å². The minimum Gasteiger partial charge on any atom is -0.315 e. The van der Waals surface area contributed by atoms with E-state index in [-0.39, 0.29) is 0 Å². The number of nitrogens with one attached hydrogen (secondary N) is 1. The average Bonchev–Trinajstić information content (AvgIpc) is 3.19. The second kappa shape index (κ2) is 5.73. The van der Waals surface area contributed by atoms with Crippen LogP contribution in [0.5, 0.6) is 0 Å². The van der Waals surface area contributed by atoms with E-state index in [2.05, 4.69) is 10.2 Å². The summed E-state index contributed by atoms with van der Waals surface area (Å²) in [5.74, 6) is 0. The third kappa shape index (κ3) is 2.92. The van der Waals surface area contributed by atoms with Gasteiger partial charge in [0.2, 0.25) is 0 Å². The van der Waals surface area contributed by atoms with Gasteiger partial charge in [0, 0.05) is 43.6 Å². The molecule has 1 aromatic rings. The first-order valence-electron chi connectivity index (χ1n) is 7.09. The summed E-state index contributed by atoms with van der Waals surface area (Å²) in [6.07, 6.45) is 2.57. The van der Waals surface area contributed by atoms with Crippen LogP contribution in [0.2, 0.25) is 0 Å². The van der Waals surface area contributed by atoms with Crippen molar-refractivity contribution in [3.8, 4) is 0 Å². The Kier molecular flexibility index (Phi) is 4.14. The first-order chi connectivity index (χ1) is 9.61. The molecule has 1 N–H and O–H groups in total. The molecule has 0 radical (unpaired) electrons. The van der Waals surface area contributed by atoms with Gasteiger partial charge in [0.15, 0.2) is 0 Å². The number of hydrogen-bond donors (Lipinski definition) is 1. The van der Waals surface area contributed by atoms with Gasteiger partial charge in [0.05, 0.1) is 0 Å². The molecule has 2 aliphatic rings. The molecule has 0 atom stereocenters. The maximum atomic E-state index is 12.6. The van der Waals surface area contributed by atoms with Gasteiger partial charge in [-0.2, -0.15) is 4.31 Å². The number of thiophene rings is 1. The molecule has 7 heteroatoms. The predicted octanol–water partition coefficient (Wildman–Crippen LogP) is 0.936. The van der Waals surface area contributed by atoms with Crippen LogP contribution in [0, 0.1) is 0 Å². The van der Waals surface area contributed by atoms with Crippen LogP contribution >= 0.6 is 11.3 Å². The molecule has 1 saturated heterocycles. The van der Waals surface area contributed by atoms with Crippen molar-refractivity contribution in [3.63, 3.8) is 0 Å². The Labute approximate surface area is 124 Å². The maximum Gasteiger partial charge on any atom is 0.252 e. The van der Waals surface area contributed by atoms with Crippen LogP contribution in [0.25, 0.3) is 0 Å². The molecule has 20 heavy (non-hydrogen) atoms. The molecule has 0 bridgehead atoms. The lowest BCUT2D eigenvalue weighted by atomic mass is 10.3. The molecule has 0 unspecified atom stereocenters. The van der Waals surface area contributed by atoms with Crippen molar-refractivity contribution in [2.24, 2.45) is 0 Å². The molecule has 1 saturated carbocycles. The fraction of sp³-hybridized carbons (Fsp3) is 0.692. The highest BCUT2D eigenvalue weighted by Gasteiger charge is 2.35. The molecule has 5 nitrogen and oxygen atoms in total. The molecular weight excluding hydrogens is 294 g/mol. The Hall–Kier alpha value is -0.470. The first-order valence-corrected chi connectivity index (χ1v) is 9.34. The van der Waals surface area contributed by atoms with E-state index in [1.165, 1.54) is 24.2 Å². The van der Waals surface area contributed by atoms with Gasteiger partial charge < -0.3 is 5.32 Å². The third-order valence-electron chi connectivity index (χ3n) is 3.92. The van der Waals surface area contributed by atoms with Gasteiger partial charge >= 0.3 is 0 Å². The highest BCUT2D eigenvalue weighted by Crippen LogP contribution is 2.30. The third-order valence-corrected chi connectivity index (χ3v) is 7.37. The summed E-state index contributed by atoms with van der Waals surface area (Å²) in [5.41, 5.74) is 0. The van der Waals surface area contributed by atoms with Crippen LogP contribution in [-0.4, -0.2) is 56.9 Å². The van der Waals surface area contributed by atoms with Crippen molar-refractivity contribution < 1.29 is 8.42 Å². The molecule has 3 rings (SSSR count). The highest BCUT2D eigenvalue weighted by atomic mass is 32.2. The first kappa shape index (κ1) is 14.5. The molecule has 0 aromatic carbocycles. The molecule has 0 spiro atoms. The molecule has 1 aliphatic heterocycles. The Balaban J connectivity index is 1.67. The fourth-order valence-corrected chi connectivity index (χ4v) is 5.59. The van der Waals surface area contributed by atoms with Crippen LogP contribution < -0.4 is 5.32 Å². The van der Waals surface area contributed by atoms with Gasteiger partial charge in [-0.3, -0.25) is 4.90 Å². The normalized spacial score (nSPS) is 22.2. The average molecular weight is 315 g/mol. The van der Waals surface area contributed by atoms with Gasteiger partial charge in [-0.15, -0.1) is 11.3 Å². The topological polar surface area (TPSA) is 52.7 Å². The fourth-order valence-electron chi connectivity index (χ4n) is 2.64. The number of sulfonamides is 1. The number of nitrogens with zero attached hydrogens (tertiary/aromatic N) is 2. The van der Waals surface area contributed by atoms with Gasteiger partial charge in [0.25, 0.3) is 10.0 Å². The van der Waals surface area contributed by atoms with Crippen molar-refractivity contribution in [1.82, 2.24) is 14.5 Å². The quantitative estimate of drug-likeness (QED) is 0.878. The summed E-state index contributed by atoms with van der Waals surface area (Å²) in [6.45, 7) is 3.71. The summed E-state index contributed by atoms with van der Waals surface area (Å²) < 4.78 is 27.3. The van der Waals surface area contributed by atoms with Crippen LogP contribution in [0.3, 0.4) is 0 Å². The van der Waals surface area contributed by atoms with Crippen LogP contribution in [0.1, 0.15) is 17.7 Å². The van der Waals surface area contributed by atoms with Crippen molar-refractivity contribution >= 4 is 21.4 Å². The SMILES string of the molecule is CNCc1ccc(S(=O)(=O)N2CCN(C3CC3)CC2)s1. The number of piperazine rings is 1. The molecule has 2 fully saturated rings. The lowest BCUT2D eigenvalue weighted by Crippen LogP contribution is -2.49. The van der Waals surface area contributed by atoms with Crippen LogP contribution in [-0.2, 0) is 16.6 Å². The monoisotopic (exact) mass is 315 g/mol. The molecule has 2 heterocycles. The molecule has 1 aliphatic carbocycles. The molecule has 1 aromatic heterocycles. The minimum atomic E-state index is -3.29. The Morgan fingerprint density at radius 3 is 2.55 bits per heavy atom. The lowest BCUT2D eigenvalue weighted by Gasteiger charge is -2.33. The molecular formula is C13H21N3O2S2. The van der Waals surface area contributed by atoms with E-state index in [0.717, 1.165) is 30.6 Å². The van der Waals surface area contributed by atoms with E-state index >= 15 is 0 Å². The van der Waals surface area contributed by atoms with Gasteiger partial charge in [-0.1, -0.05) is 0 Å². The standard InChI is InChI=1S/C13H21N3O2S2/c1-14-10-12-4-5-13(19-12)20(17,18)16-8-6-15(7-9-16)11-2-3-11/h4-5,11,14H,2-3,6-10H2,1H3. The summed E-state index contributed by atoms with van der Waals surface area (Å²) in [5, 5.41) is 3.05. The van der Waals surface area contributed by atoms with E-state index in [1.54, 1.807) is 10.4 Å². The van der Waals surface area contributed by atoms with E-state index in [0.29, 0.717) is 17.3 Å². The lowest BCUT2D eigenvalue weighted by molar-refractivity contribution is 0.181. The largest absolute Gasteiger partial charge is 0.315 e. The Morgan fingerprint density at radius 2 is 1.95 bits per heavy atom. The number of rotatable bonds is 5. The van der Waals surface area contributed by atoms with E-state index in [4.69, 9.17) is 0 Å². The van der Waals surface area contributed by atoms with Gasteiger partial charge in [0.1, 0.15) is 4.21 Å². The molecule has 0 amide bonds. The number of hydrogen-bond acceptors (Lipinski definition) is 5. The summed E-state index contributed by atoms with van der Waals surface area (Å²) in [4.78, 5) is 3.48. The minimum absolute atomic E-state index is 0.475. The van der Waals surface area contributed by atoms with Gasteiger partial charge in [-0.25, -0.2) is 8.42 Å². The molecule has 112 valence electrons. The zero-order chi connectivity index (χ0) is 14.2. The summed E-state index contributed by atoms with van der Waals surface area (Å²) in [6, 6.07) is 4.36. The van der Waals surface area contributed by atoms with Crippen molar-refractivity contribution in [2.45, 2.75) is 29.6 Å². The Morgan fingerprint density at radius 1 is 1.25 bits per heavy atom. The van der Waals surface area contributed by atoms with Crippen molar-refractivity contribution in [3.05, 3.63) is 17.0 Å². The summed E-state index contributed by atoms with van der Waals surface area (Å²) in [7, 11) is -1.42.